The fourth-order valence-electron chi connectivity index (χ4n) is 2.59. The molecule has 1 unspecified atom stereocenters. The predicted molar refractivity (Wildman–Crippen MR) is 92.4 cm³/mol. The molecular weight excluding hydrogens is 270 g/mol. The van der Waals surface area contributed by atoms with Gasteiger partial charge in [0.1, 0.15) is 6.23 Å². The SMILES string of the molecule is C=CCN(Cc1ccccc1)C(O)CCCc1ccccc1. The number of hydrogen-bond acceptors (Lipinski definition) is 2. The van der Waals surface area contributed by atoms with Crippen molar-refractivity contribution in [3.8, 4) is 0 Å². The Kier molecular flexibility index (Phi) is 6.88. The molecule has 2 rings (SSSR count). The first-order valence-electron chi connectivity index (χ1n) is 7.90. The second kappa shape index (κ2) is 9.19. The Bertz CT molecular complexity index is 538. The first-order valence-corrected chi connectivity index (χ1v) is 7.90. The lowest BCUT2D eigenvalue weighted by Gasteiger charge is -2.27. The summed E-state index contributed by atoms with van der Waals surface area (Å²) in [5.41, 5.74) is 2.54. The van der Waals surface area contributed by atoms with Crippen molar-refractivity contribution in [3.63, 3.8) is 0 Å². The van der Waals surface area contributed by atoms with Crippen LogP contribution in [0.15, 0.2) is 73.3 Å². The fraction of sp³-hybridized carbons (Fsp3) is 0.300. The van der Waals surface area contributed by atoms with E-state index in [0.29, 0.717) is 6.54 Å². The molecule has 2 nitrogen and oxygen atoms in total. The Morgan fingerprint density at radius 2 is 1.55 bits per heavy atom. The van der Waals surface area contributed by atoms with Crippen molar-refractivity contribution in [1.82, 2.24) is 4.90 Å². The Morgan fingerprint density at radius 1 is 0.955 bits per heavy atom. The van der Waals surface area contributed by atoms with Gasteiger partial charge in [-0.25, -0.2) is 0 Å². The third kappa shape index (κ3) is 5.47. The number of aliphatic hydroxyl groups excluding tert-OH is 1. The highest BCUT2D eigenvalue weighted by molar-refractivity contribution is 5.15. The van der Waals surface area contributed by atoms with E-state index in [1.54, 1.807) is 0 Å². The van der Waals surface area contributed by atoms with Crippen LogP contribution in [0.5, 0.6) is 0 Å². The van der Waals surface area contributed by atoms with Crippen molar-refractivity contribution in [1.29, 1.82) is 0 Å². The van der Waals surface area contributed by atoms with Gasteiger partial charge < -0.3 is 5.11 Å². The van der Waals surface area contributed by atoms with Crippen LogP contribution in [0.25, 0.3) is 0 Å². The van der Waals surface area contributed by atoms with E-state index in [0.717, 1.165) is 25.8 Å². The van der Waals surface area contributed by atoms with Crippen molar-refractivity contribution in [3.05, 3.63) is 84.4 Å². The van der Waals surface area contributed by atoms with Crippen molar-refractivity contribution in [2.75, 3.05) is 6.54 Å². The topological polar surface area (TPSA) is 23.5 Å². The molecule has 0 spiro atoms. The zero-order valence-corrected chi connectivity index (χ0v) is 13.1. The van der Waals surface area contributed by atoms with E-state index in [1.807, 2.05) is 30.3 Å². The van der Waals surface area contributed by atoms with Crippen molar-refractivity contribution in [2.45, 2.75) is 32.0 Å². The molecule has 0 saturated carbocycles. The number of benzene rings is 2. The molecule has 0 bridgehead atoms. The minimum absolute atomic E-state index is 0.429. The Morgan fingerprint density at radius 3 is 2.14 bits per heavy atom. The average molecular weight is 295 g/mol. The van der Waals surface area contributed by atoms with Crippen LogP contribution in [0.4, 0.5) is 0 Å². The van der Waals surface area contributed by atoms with Gasteiger partial charge in [0, 0.05) is 13.1 Å². The van der Waals surface area contributed by atoms with Gasteiger partial charge in [0.25, 0.3) is 0 Å². The van der Waals surface area contributed by atoms with Gasteiger partial charge in [-0.05, 0) is 30.4 Å². The predicted octanol–water partition coefficient (Wildman–Crippen LogP) is 4.02. The monoisotopic (exact) mass is 295 g/mol. The highest BCUT2D eigenvalue weighted by atomic mass is 16.3. The van der Waals surface area contributed by atoms with Gasteiger partial charge in [-0.15, -0.1) is 6.58 Å². The Hall–Kier alpha value is -1.90. The molecule has 116 valence electrons. The maximum Gasteiger partial charge on any atom is 0.107 e. The van der Waals surface area contributed by atoms with Crippen LogP contribution < -0.4 is 0 Å². The zero-order valence-electron chi connectivity index (χ0n) is 13.1. The molecule has 0 aliphatic rings. The van der Waals surface area contributed by atoms with Crippen LogP contribution in [-0.4, -0.2) is 22.8 Å². The molecule has 0 aromatic heterocycles. The molecule has 0 fully saturated rings. The van der Waals surface area contributed by atoms with Crippen LogP contribution in [0.2, 0.25) is 0 Å². The molecule has 0 heterocycles. The van der Waals surface area contributed by atoms with Crippen molar-refractivity contribution < 1.29 is 5.11 Å². The van der Waals surface area contributed by atoms with Gasteiger partial charge in [0.05, 0.1) is 0 Å². The van der Waals surface area contributed by atoms with Crippen molar-refractivity contribution >= 4 is 0 Å². The zero-order chi connectivity index (χ0) is 15.6. The van der Waals surface area contributed by atoms with E-state index < -0.39 is 6.23 Å². The van der Waals surface area contributed by atoms with Gasteiger partial charge in [0.2, 0.25) is 0 Å². The molecule has 0 aliphatic heterocycles. The molecule has 2 aromatic carbocycles. The summed E-state index contributed by atoms with van der Waals surface area (Å²) in [5.74, 6) is 0. The quantitative estimate of drug-likeness (QED) is 0.558. The van der Waals surface area contributed by atoms with Crippen LogP contribution in [0.3, 0.4) is 0 Å². The highest BCUT2D eigenvalue weighted by Crippen LogP contribution is 2.13. The first kappa shape index (κ1) is 16.5. The van der Waals surface area contributed by atoms with Crippen LogP contribution in [0.1, 0.15) is 24.0 Å². The molecular formula is C20H25NO. The van der Waals surface area contributed by atoms with E-state index >= 15 is 0 Å². The van der Waals surface area contributed by atoms with Gasteiger partial charge in [-0.2, -0.15) is 0 Å². The largest absolute Gasteiger partial charge is 0.378 e. The molecule has 0 radical (unpaired) electrons. The maximum atomic E-state index is 10.5. The summed E-state index contributed by atoms with van der Waals surface area (Å²) in [6.45, 7) is 5.24. The number of aryl methyl sites for hydroxylation is 1. The third-order valence-corrected chi connectivity index (χ3v) is 3.78. The summed E-state index contributed by atoms with van der Waals surface area (Å²) in [6.07, 6.45) is 4.18. The van der Waals surface area contributed by atoms with Crippen molar-refractivity contribution in [2.24, 2.45) is 0 Å². The second-order valence-electron chi connectivity index (χ2n) is 5.56. The summed E-state index contributed by atoms with van der Waals surface area (Å²) in [7, 11) is 0. The number of nitrogens with zero attached hydrogens (tertiary/aromatic N) is 1. The standard InChI is InChI=1S/C20H25NO/c1-2-16-21(17-19-12-7-4-8-13-19)20(22)15-9-14-18-10-5-3-6-11-18/h2-8,10-13,20,22H,1,9,14-17H2. The fourth-order valence-corrected chi connectivity index (χ4v) is 2.59. The third-order valence-electron chi connectivity index (χ3n) is 3.78. The summed E-state index contributed by atoms with van der Waals surface area (Å²) in [4.78, 5) is 2.06. The normalized spacial score (nSPS) is 12.3. The summed E-state index contributed by atoms with van der Waals surface area (Å²) < 4.78 is 0. The average Bonchev–Trinajstić information content (AvgIpc) is 2.56. The summed E-state index contributed by atoms with van der Waals surface area (Å²) >= 11 is 0. The van der Waals surface area contributed by atoms with E-state index in [9.17, 15) is 5.11 Å². The summed E-state index contributed by atoms with van der Waals surface area (Å²) in [6, 6.07) is 20.7. The molecule has 1 atom stereocenters. The molecule has 2 heteroatoms. The van der Waals surface area contributed by atoms with Gasteiger partial charge in [-0.3, -0.25) is 4.90 Å². The molecule has 0 aliphatic carbocycles. The minimum atomic E-state index is -0.429. The van der Waals surface area contributed by atoms with Gasteiger partial charge in [-0.1, -0.05) is 66.7 Å². The van der Waals surface area contributed by atoms with Crippen LogP contribution in [0, 0.1) is 0 Å². The minimum Gasteiger partial charge on any atom is -0.378 e. The molecule has 0 amide bonds. The Balaban J connectivity index is 1.83. The molecule has 0 saturated heterocycles. The first-order chi connectivity index (χ1) is 10.8. The molecule has 1 N–H and O–H groups in total. The van der Waals surface area contributed by atoms with Crippen LogP contribution in [-0.2, 0) is 13.0 Å². The maximum absolute atomic E-state index is 10.5. The Labute approximate surface area is 133 Å². The summed E-state index contributed by atoms with van der Waals surface area (Å²) in [5, 5.41) is 10.5. The lowest BCUT2D eigenvalue weighted by Crippen LogP contribution is -2.34. The van der Waals surface area contributed by atoms with Gasteiger partial charge >= 0.3 is 0 Å². The van der Waals surface area contributed by atoms with E-state index in [2.05, 4.69) is 47.9 Å². The highest BCUT2D eigenvalue weighted by Gasteiger charge is 2.14. The van der Waals surface area contributed by atoms with Gasteiger partial charge in [0.15, 0.2) is 0 Å². The number of hydrogen-bond donors (Lipinski definition) is 1. The lowest BCUT2D eigenvalue weighted by molar-refractivity contribution is -0.00152. The van der Waals surface area contributed by atoms with E-state index in [4.69, 9.17) is 0 Å². The smallest absolute Gasteiger partial charge is 0.107 e. The van der Waals surface area contributed by atoms with E-state index in [1.165, 1.54) is 11.1 Å². The number of rotatable bonds is 9. The van der Waals surface area contributed by atoms with E-state index in [-0.39, 0.29) is 0 Å². The van der Waals surface area contributed by atoms with Crippen LogP contribution >= 0.6 is 0 Å². The molecule has 2 aromatic rings. The second-order valence-corrected chi connectivity index (χ2v) is 5.56. The molecule has 22 heavy (non-hydrogen) atoms. The lowest BCUT2D eigenvalue weighted by atomic mass is 10.1. The number of aliphatic hydroxyl groups is 1.